The van der Waals surface area contributed by atoms with E-state index in [-0.39, 0.29) is 0 Å². The smallest absolute Gasteiger partial charge is 0.203 e. The van der Waals surface area contributed by atoms with Crippen LogP contribution in [0.3, 0.4) is 0 Å². The average Bonchev–Trinajstić information content (AvgIpc) is 2.46. The zero-order valence-electron chi connectivity index (χ0n) is 11.3. The molecule has 1 aromatic carbocycles. The lowest BCUT2D eigenvalue weighted by Gasteiger charge is -2.14. The Hall–Kier alpha value is -2.21. The zero-order valence-corrected chi connectivity index (χ0v) is 12.1. The molecule has 6 nitrogen and oxygen atoms in total. The van der Waals surface area contributed by atoms with Gasteiger partial charge in [-0.15, -0.1) is 0 Å². The van der Waals surface area contributed by atoms with E-state index in [9.17, 15) is 0 Å². The molecule has 0 aliphatic heterocycles. The maximum atomic E-state index is 5.82. The Morgan fingerprint density at radius 1 is 0.950 bits per heavy atom. The van der Waals surface area contributed by atoms with Crippen LogP contribution >= 0.6 is 11.6 Å². The van der Waals surface area contributed by atoms with Crippen molar-refractivity contribution in [1.29, 1.82) is 0 Å². The Bertz CT molecular complexity index is 582. The van der Waals surface area contributed by atoms with Crippen LogP contribution in [-0.4, -0.2) is 31.3 Å². The Kier molecular flexibility index (Phi) is 4.47. The molecule has 20 heavy (non-hydrogen) atoms. The first-order valence-electron chi connectivity index (χ1n) is 5.72. The molecule has 0 unspecified atom stereocenters. The summed E-state index contributed by atoms with van der Waals surface area (Å²) in [6.07, 6.45) is 1.38. The molecule has 0 aliphatic rings. The number of benzene rings is 1. The number of nitrogens with one attached hydrogen (secondary N) is 1. The number of anilines is 2. The fraction of sp³-hybridized carbons (Fsp3) is 0.231. The molecule has 0 radical (unpaired) electrons. The van der Waals surface area contributed by atoms with Gasteiger partial charge in [-0.25, -0.2) is 9.97 Å². The largest absolute Gasteiger partial charge is 0.493 e. The molecule has 1 N–H and O–H groups in total. The number of methoxy groups -OCH3 is 3. The lowest BCUT2D eigenvalue weighted by atomic mass is 10.2. The van der Waals surface area contributed by atoms with Gasteiger partial charge in [0.15, 0.2) is 11.5 Å². The predicted octanol–water partition coefficient (Wildman–Crippen LogP) is 2.90. The molecular formula is C13H14ClN3O3. The van der Waals surface area contributed by atoms with Crippen LogP contribution in [0.1, 0.15) is 0 Å². The first-order chi connectivity index (χ1) is 9.67. The lowest BCUT2D eigenvalue weighted by molar-refractivity contribution is 0.324. The molecule has 0 spiro atoms. The second kappa shape index (κ2) is 6.29. The van der Waals surface area contributed by atoms with Crippen molar-refractivity contribution in [3.8, 4) is 17.2 Å². The van der Waals surface area contributed by atoms with Gasteiger partial charge in [0.25, 0.3) is 0 Å². The van der Waals surface area contributed by atoms with Crippen LogP contribution in [0.4, 0.5) is 11.5 Å². The van der Waals surface area contributed by atoms with Crippen molar-refractivity contribution < 1.29 is 14.2 Å². The Labute approximate surface area is 121 Å². The molecule has 1 aromatic heterocycles. The standard InChI is InChI=1S/C13H14ClN3O3/c1-18-9-4-8(5-10(19-2)13(9)20-3)17-12-6-11(14)15-7-16-12/h4-7H,1-3H3,(H,15,16,17). The second-order valence-corrected chi connectivity index (χ2v) is 4.15. The molecule has 2 rings (SSSR count). The molecule has 106 valence electrons. The summed E-state index contributed by atoms with van der Waals surface area (Å²) in [7, 11) is 4.67. The maximum absolute atomic E-state index is 5.82. The van der Waals surface area contributed by atoms with Gasteiger partial charge in [0.2, 0.25) is 5.75 Å². The third kappa shape index (κ3) is 3.03. The van der Waals surface area contributed by atoms with E-state index in [2.05, 4.69) is 15.3 Å². The molecule has 0 atom stereocenters. The maximum Gasteiger partial charge on any atom is 0.203 e. The minimum atomic E-state index is 0.356. The first-order valence-corrected chi connectivity index (χ1v) is 6.10. The van der Waals surface area contributed by atoms with Crippen molar-refractivity contribution in [1.82, 2.24) is 9.97 Å². The number of hydrogen-bond acceptors (Lipinski definition) is 6. The van der Waals surface area contributed by atoms with Gasteiger partial charge in [-0.1, -0.05) is 11.6 Å². The lowest BCUT2D eigenvalue weighted by Crippen LogP contribution is -1.99. The van der Waals surface area contributed by atoms with Gasteiger partial charge < -0.3 is 19.5 Å². The molecule has 0 saturated carbocycles. The highest BCUT2D eigenvalue weighted by molar-refractivity contribution is 6.29. The third-order valence-corrected chi connectivity index (χ3v) is 2.78. The normalized spacial score (nSPS) is 10.0. The Morgan fingerprint density at radius 3 is 2.10 bits per heavy atom. The number of halogens is 1. The van der Waals surface area contributed by atoms with Crippen molar-refractivity contribution in [2.75, 3.05) is 26.6 Å². The van der Waals surface area contributed by atoms with E-state index in [1.165, 1.54) is 6.33 Å². The average molecular weight is 296 g/mol. The number of aromatic nitrogens is 2. The van der Waals surface area contributed by atoms with Crippen molar-refractivity contribution in [2.24, 2.45) is 0 Å². The van der Waals surface area contributed by atoms with Crippen LogP contribution in [0.25, 0.3) is 0 Å². The summed E-state index contributed by atoms with van der Waals surface area (Å²) in [5.41, 5.74) is 0.731. The van der Waals surface area contributed by atoms with E-state index in [0.29, 0.717) is 28.2 Å². The fourth-order valence-corrected chi connectivity index (χ4v) is 1.85. The topological polar surface area (TPSA) is 65.5 Å². The number of ether oxygens (including phenoxy) is 3. The van der Waals surface area contributed by atoms with Gasteiger partial charge in [0.1, 0.15) is 17.3 Å². The van der Waals surface area contributed by atoms with Gasteiger partial charge in [-0.05, 0) is 0 Å². The minimum absolute atomic E-state index is 0.356. The summed E-state index contributed by atoms with van der Waals surface area (Å²) in [5, 5.41) is 3.45. The Balaban J connectivity index is 2.37. The summed E-state index contributed by atoms with van der Waals surface area (Å²) < 4.78 is 15.8. The molecule has 1 heterocycles. The second-order valence-electron chi connectivity index (χ2n) is 3.76. The third-order valence-electron chi connectivity index (χ3n) is 2.57. The highest BCUT2D eigenvalue weighted by atomic mass is 35.5. The minimum Gasteiger partial charge on any atom is -0.493 e. The molecule has 2 aromatic rings. The summed E-state index contributed by atoms with van der Waals surface area (Å²) in [6.45, 7) is 0. The van der Waals surface area contributed by atoms with E-state index in [4.69, 9.17) is 25.8 Å². The van der Waals surface area contributed by atoms with E-state index >= 15 is 0 Å². The molecule has 0 amide bonds. The van der Waals surface area contributed by atoms with Crippen LogP contribution in [0, 0.1) is 0 Å². The van der Waals surface area contributed by atoms with E-state index < -0.39 is 0 Å². The van der Waals surface area contributed by atoms with E-state index in [0.717, 1.165) is 5.69 Å². The SMILES string of the molecule is COc1cc(Nc2cc(Cl)ncn2)cc(OC)c1OC. The number of rotatable bonds is 5. The van der Waals surface area contributed by atoms with Gasteiger partial charge in [-0.3, -0.25) is 0 Å². The molecule has 7 heteroatoms. The van der Waals surface area contributed by atoms with Crippen LogP contribution in [0.5, 0.6) is 17.2 Å². The molecule has 0 fully saturated rings. The highest BCUT2D eigenvalue weighted by Gasteiger charge is 2.13. The molecule has 0 bridgehead atoms. The number of hydrogen-bond donors (Lipinski definition) is 1. The molecular weight excluding hydrogens is 282 g/mol. The monoisotopic (exact) mass is 295 g/mol. The van der Waals surface area contributed by atoms with Crippen molar-refractivity contribution >= 4 is 23.1 Å². The summed E-state index contributed by atoms with van der Waals surface area (Å²) in [4.78, 5) is 7.89. The molecule has 0 saturated heterocycles. The van der Waals surface area contributed by atoms with Crippen molar-refractivity contribution in [2.45, 2.75) is 0 Å². The quantitative estimate of drug-likeness (QED) is 0.856. The van der Waals surface area contributed by atoms with Crippen molar-refractivity contribution in [3.63, 3.8) is 0 Å². The van der Waals surface area contributed by atoms with Gasteiger partial charge >= 0.3 is 0 Å². The van der Waals surface area contributed by atoms with Gasteiger partial charge in [0.05, 0.1) is 21.3 Å². The first kappa shape index (κ1) is 14.2. The van der Waals surface area contributed by atoms with Crippen molar-refractivity contribution in [3.05, 3.63) is 29.7 Å². The summed E-state index contributed by atoms with van der Waals surface area (Å²) in [6, 6.07) is 5.17. The highest BCUT2D eigenvalue weighted by Crippen LogP contribution is 2.40. The predicted molar refractivity (Wildman–Crippen MR) is 76.4 cm³/mol. The van der Waals surface area contributed by atoms with E-state index in [1.807, 2.05) is 0 Å². The summed E-state index contributed by atoms with van der Waals surface area (Å²) in [5.74, 6) is 2.20. The van der Waals surface area contributed by atoms with E-state index in [1.54, 1.807) is 39.5 Å². The van der Waals surface area contributed by atoms with Gasteiger partial charge in [0, 0.05) is 23.9 Å². The van der Waals surface area contributed by atoms with Crippen LogP contribution in [0.15, 0.2) is 24.5 Å². The van der Waals surface area contributed by atoms with Crippen LogP contribution in [-0.2, 0) is 0 Å². The van der Waals surface area contributed by atoms with Crippen LogP contribution < -0.4 is 19.5 Å². The summed E-state index contributed by atoms with van der Waals surface area (Å²) >= 11 is 5.82. The molecule has 0 aliphatic carbocycles. The van der Waals surface area contributed by atoms with Crippen LogP contribution in [0.2, 0.25) is 5.15 Å². The zero-order chi connectivity index (χ0) is 14.5. The fourth-order valence-electron chi connectivity index (χ4n) is 1.70. The number of nitrogens with zero attached hydrogens (tertiary/aromatic N) is 2. The van der Waals surface area contributed by atoms with Gasteiger partial charge in [-0.2, -0.15) is 0 Å². The Morgan fingerprint density at radius 2 is 1.60 bits per heavy atom.